The Bertz CT molecular complexity index is 775. The van der Waals surface area contributed by atoms with Gasteiger partial charge >= 0.3 is 0 Å². The topological polar surface area (TPSA) is 37.6 Å². The van der Waals surface area contributed by atoms with Crippen molar-refractivity contribution in [3.63, 3.8) is 0 Å². The van der Waals surface area contributed by atoms with E-state index in [0.29, 0.717) is 6.54 Å². The number of amides is 1. The highest BCUT2D eigenvalue weighted by Gasteiger charge is 2.21. The van der Waals surface area contributed by atoms with Gasteiger partial charge in [0.1, 0.15) is 0 Å². The van der Waals surface area contributed by atoms with Crippen molar-refractivity contribution in [2.45, 2.75) is 13.0 Å². The van der Waals surface area contributed by atoms with Crippen LogP contribution in [0.15, 0.2) is 36.5 Å². The molecule has 0 spiro atoms. The van der Waals surface area contributed by atoms with Crippen molar-refractivity contribution in [3.05, 3.63) is 47.1 Å². The summed E-state index contributed by atoms with van der Waals surface area (Å²) in [4.78, 5) is 19.7. The summed E-state index contributed by atoms with van der Waals surface area (Å²) in [7, 11) is 0. The van der Waals surface area contributed by atoms with Crippen LogP contribution in [-0.2, 0) is 17.8 Å². The summed E-state index contributed by atoms with van der Waals surface area (Å²) in [6.45, 7) is 1.51. The van der Waals surface area contributed by atoms with Gasteiger partial charge in [0.2, 0.25) is 6.41 Å². The number of carbonyl (C=O) groups excluding carboxylic acids is 1. The lowest BCUT2D eigenvalue weighted by atomic mass is 10.1. The molecule has 0 bridgehead atoms. The van der Waals surface area contributed by atoms with Crippen molar-refractivity contribution in [3.8, 4) is 11.3 Å². The number of imidazole rings is 1. The molecule has 4 nitrogen and oxygen atoms in total. The van der Waals surface area contributed by atoms with E-state index in [2.05, 4.69) is 22.7 Å². The standard InChI is InChI=1S/C15H13N3OS/c19-10-17-7-6-13-14(9-17)20-15-16-12(8-18(13)15)11-4-2-1-3-5-11/h1-5,8,10H,6-7,9H2. The highest BCUT2D eigenvalue weighted by molar-refractivity contribution is 7.17. The smallest absolute Gasteiger partial charge is 0.210 e. The van der Waals surface area contributed by atoms with Crippen molar-refractivity contribution < 1.29 is 4.79 Å². The van der Waals surface area contributed by atoms with E-state index in [4.69, 9.17) is 4.98 Å². The van der Waals surface area contributed by atoms with Crippen LogP contribution in [0.2, 0.25) is 0 Å². The Labute approximate surface area is 120 Å². The van der Waals surface area contributed by atoms with Crippen LogP contribution in [0, 0.1) is 0 Å². The van der Waals surface area contributed by atoms with Gasteiger partial charge in [-0.15, -0.1) is 0 Å². The van der Waals surface area contributed by atoms with E-state index in [-0.39, 0.29) is 0 Å². The van der Waals surface area contributed by atoms with Crippen molar-refractivity contribution in [1.29, 1.82) is 0 Å². The molecule has 0 unspecified atom stereocenters. The second-order valence-electron chi connectivity index (χ2n) is 4.94. The van der Waals surface area contributed by atoms with E-state index in [1.165, 1.54) is 10.6 Å². The molecule has 3 aromatic rings. The molecule has 0 fully saturated rings. The molecule has 1 aliphatic heterocycles. The van der Waals surface area contributed by atoms with Crippen molar-refractivity contribution >= 4 is 22.7 Å². The van der Waals surface area contributed by atoms with Crippen LogP contribution in [0.3, 0.4) is 0 Å². The van der Waals surface area contributed by atoms with E-state index in [1.807, 2.05) is 23.1 Å². The maximum atomic E-state index is 10.9. The summed E-state index contributed by atoms with van der Waals surface area (Å²) in [5.41, 5.74) is 3.46. The molecule has 3 heterocycles. The van der Waals surface area contributed by atoms with Crippen LogP contribution >= 0.6 is 11.3 Å². The van der Waals surface area contributed by atoms with Gasteiger partial charge in [-0.3, -0.25) is 9.20 Å². The van der Waals surface area contributed by atoms with Crippen LogP contribution in [0.5, 0.6) is 0 Å². The predicted molar refractivity (Wildman–Crippen MR) is 78.7 cm³/mol. The second-order valence-corrected chi connectivity index (χ2v) is 6.00. The SMILES string of the molecule is O=CN1CCc2c(sc3nc(-c4ccccc4)cn23)C1. The Morgan fingerprint density at radius 3 is 2.90 bits per heavy atom. The molecule has 1 amide bonds. The van der Waals surface area contributed by atoms with Gasteiger partial charge in [0, 0.05) is 35.3 Å². The Kier molecular flexibility index (Phi) is 2.60. The number of aromatic nitrogens is 2. The lowest BCUT2D eigenvalue weighted by molar-refractivity contribution is -0.118. The molecule has 4 rings (SSSR count). The summed E-state index contributed by atoms with van der Waals surface area (Å²) in [5.74, 6) is 0. The summed E-state index contributed by atoms with van der Waals surface area (Å²) < 4.78 is 2.18. The number of carbonyl (C=O) groups is 1. The van der Waals surface area contributed by atoms with Gasteiger partial charge in [-0.05, 0) is 0 Å². The number of thiazole rings is 1. The third-order valence-electron chi connectivity index (χ3n) is 3.70. The van der Waals surface area contributed by atoms with Crippen molar-refractivity contribution in [2.75, 3.05) is 6.54 Å². The van der Waals surface area contributed by atoms with E-state index >= 15 is 0 Å². The minimum Gasteiger partial charge on any atom is -0.340 e. The molecular formula is C15H13N3OS. The third kappa shape index (κ3) is 1.74. The zero-order chi connectivity index (χ0) is 13.5. The maximum Gasteiger partial charge on any atom is 0.210 e. The monoisotopic (exact) mass is 283 g/mol. The molecule has 0 saturated heterocycles. The fourth-order valence-electron chi connectivity index (χ4n) is 2.67. The Morgan fingerprint density at radius 1 is 1.25 bits per heavy atom. The normalized spacial score (nSPS) is 14.5. The van der Waals surface area contributed by atoms with Gasteiger partial charge in [-0.1, -0.05) is 41.7 Å². The number of hydrogen-bond acceptors (Lipinski definition) is 3. The number of nitrogens with zero attached hydrogens (tertiary/aromatic N) is 3. The largest absolute Gasteiger partial charge is 0.340 e. The first kappa shape index (κ1) is 11.7. The first-order valence-electron chi connectivity index (χ1n) is 6.59. The molecule has 0 atom stereocenters. The minimum absolute atomic E-state index is 0.716. The summed E-state index contributed by atoms with van der Waals surface area (Å²) >= 11 is 1.69. The van der Waals surface area contributed by atoms with Gasteiger partial charge in [-0.2, -0.15) is 0 Å². The van der Waals surface area contributed by atoms with Crippen LogP contribution in [0.25, 0.3) is 16.2 Å². The van der Waals surface area contributed by atoms with Crippen LogP contribution in [0.1, 0.15) is 10.6 Å². The fraction of sp³-hybridized carbons (Fsp3) is 0.200. The highest BCUT2D eigenvalue weighted by Crippen LogP contribution is 2.30. The van der Waals surface area contributed by atoms with Crippen LogP contribution in [0.4, 0.5) is 0 Å². The first-order chi connectivity index (χ1) is 9.85. The average Bonchev–Trinajstić information content (AvgIpc) is 3.05. The number of hydrogen-bond donors (Lipinski definition) is 0. The zero-order valence-electron chi connectivity index (χ0n) is 10.8. The van der Waals surface area contributed by atoms with E-state index < -0.39 is 0 Å². The third-order valence-corrected chi connectivity index (χ3v) is 4.78. The number of benzene rings is 1. The maximum absolute atomic E-state index is 10.9. The molecular weight excluding hydrogens is 270 g/mol. The average molecular weight is 283 g/mol. The second kappa shape index (κ2) is 4.45. The molecule has 0 N–H and O–H groups in total. The zero-order valence-corrected chi connectivity index (χ0v) is 11.6. The summed E-state index contributed by atoms with van der Waals surface area (Å²) in [6, 6.07) is 10.2. The van der Waals surface area contributed by atoms with E-state index in [9.17, 15) is 4.79 Å². The number of rotatable bonds is 2. The molecule has 0 radical (unpaired) electrons. The highest BCUT2D eigenvalue weighted by atomic mass is 32.1. The molecule has 5 heteroatoms. The van der Waals surface area contributed by atoms with Gasteiger partial charge in [0.25, 0.3) is 0 Å². The Hall–Kier alpha value is -2.14. The van der Waals surface area contributed by atoms with E-state index in [0.717, 1.165) is 35.6 Å². The number of fused-ring (bicyclic) bond motifs is 3. The van der Waals surface area contributed by atoms with Gasteiger partial charge < -0.3 is 4.90 Å². The predicted octanol–water partition coefficient (Wildman–Crippen LogP) is 2.58. The quantitative estimate of drug-likeness (QED) is 0.678. The molecule has 100 valence electrons. The summed E-state index contributed by atoms with van der Waals surface area (Å²) in [5, 5.41) is 0. The van der Waals surface area contributed by atoms with E-state index in [1.54, 1.807) is 11.3 Å². The molecule has 2 aromatic heterocycles. The molecule has 0 saturated carbocycles. The minimum atomic E-state index is 0.716. The van der Waals surface area contributed by atoms with Crippen molar-refractivity contribution in [1.82, 2.24) is 14.3 Å². The fourth-order valence-corrected chi connectivity index (χ4v) is 3.84. The van der Waals surface area contributed by atoms with Gasteiger partial charge in [0.15, 0.2) is 4.96 Å². The van der Waals surface area contributed by atoms with Crippen LogP contribution < -0.4 is 0 Å². The Balaban J connectivity index is 1.79. The van der Waals surface area contributed by atoms with Crippen molar-refractivity contribution in [2.24, 2.45) is 0 Å². The van der Waals surface area contributed by atoms with Gasteiger partial charge in [-0.25, -0.2) is 4.98 Å². The lowest BCUT2D eigenvalue weighted by Gasteiger charge is -2.22. The van der Waals surface area contributed by atoms with Gasteiger partial charge in [0.05, 0.1) is 12.2 Å². The lowest BCUT2D eigenvalue weighted by Crippen LogP contribution is -2.28. The molecule has 0 aliphatic carbocycles. The molecule has 1 aromatic carbocycles. The first-order valence-corrected chi connectivity index (χ1v) is 7.41. The Morgan fingerprint density at radius 2 is 2.10 bits per heavy atom. The molecule has 1 aliphatic rings. The molecule has 20 heavy (non-hydrogen) atoms. The van der Waals surface area contributed by atoms with Crippen LogP contribution in [-0.4, -0.2) is 27.2 Å². The summed E-state index contributed by atoms with van der Waals surface area (Å²) in [6.07, 6.45) is 3.94.